The summed E-state index contributed by atoms with van der Waals surface area (Å²) in [5, 5.41) is 17.9. The number of carboxylic acid groups (broad SMARTS) is 1. The average molecular weight is 462 g/mol. The standard InChI is InChI=1S/C22H33N5O3.CH2O2/c28-19(7-6-18-4-1-2-5-18)25-12-8-22(30,9-13-25)20(29)26-14-16-27(17-15-26)21-23-10-3-11-24-21;2-1-3/h3,10-11,18,30H,1-2,4-9,12-17H2;1H,(H,2,3). The summed E-state index contributed by atoms with van der Waals surface area (Å²) in [6.07, 6.45) is 10.8. The smallest absolute Gasteiger partial charge is 0.290 e. The molecule has 0 bridgehead atoms. The lowest BCUT2D eigenvalue weighted by atomic mass is 9.89. The highest BCUT2D eigenvalue weighted by Gasteiger charge is 2.43. The first-order chi connectivity index (χ1) is 16.0. The molecule has 0 aromatic carbocycles. The Morgan fingerprint density at radius 1 is 1.00 bits per heavy atom. The first-order valence-electron chi connectivity index (χ1n) is 11.9. The van der Waals surface area contributed by atoms with Gasteiger partial charge in [-0.15, -0.1) is 0 Å². The average Bonchev–Trinajstić information content (AvgIpc) is 3.37. The van der Waals surface area contributed by atoms with Gasteiger partial charge < -0.3 is 24.9 Å². The van der Waals surface area contributed by atoms with Crippen LogP contribution >= 0.6 is 0 Å². The molecular weight excluding hydrogens is 426 g/mol. The molecule has 0 atom stereocenters. The second-order valence-corrected chi connectivity index (χ2v) is 9.03. The van der Waals surface area contributed by atoms with Gasteiger partial charge in [0.1, 0.15) is 5.60 Å². The Labute approximate surface area is 194 Å². The van der Waals surface area contributed by atoms with Crippen molar-refractivity contribution in [2.45, 2.75) is 57.0 Å². The molecule has 2 amide bonds. The first-order valence-corrected chi connectivity index (χ1v) is 11.9. The van der Waals surface area contributed by atoms with Crippen LogP contribution in [-0.4, -0.2) is 93.1 Å². The van der Waals surface area contributed by atoms with Gasteiger partial charge in [-0.05, 0) is 18.4 Å². The number of hydrogen-bond donors (Lipinski definition) is 2. The molecule has 3 aliphatic rings. The number of hydrogen-bond acceptors (Lipinski definition) is 7. The van der Waals surface area contributed by atoms with Crippen LogP contribution in [0.2, 0.25) is 0 Å². The molecule has 10 nitrogen and oxygen atoms in total. The Morgan fingerprint density at radius 2 is 1.58 bits per heavy atom. The van der Waals surface area contributed by atoms with Crippen molar-refractivity contribution in [2.24, 2.45) is 5.92 Å². The highest BCUT2D eigenvalue weighted by molar-refractivity contribution is 5.86. The zero-order valence-electron chi connectivity index (χ0n) is 19.1. The maximum atomic E-state index is 13.0. The Balaban J connectivity index is 0.000000968. The lowest BCUT2D eigenvalue weighted by Gasteiger charge is -2.42. The van der Waals surface area contributed by atoms with E-state index in [1.54, 1.807) is 23.4 Å². The van der Waals surface area contributed by atoms with Gasteiger partial charge in [0.05, 0.1) is 0 Å². The molecule has 2 saturated heterocycles. The molecule has 3 heterocycles. The number of likely N-dealkylation sites (tertiary alicyclic amines) is 1. The Kier molecular flexibility index (Phi) is 8.99. The molecule has 10 heteroatoms. The molecule has 182 valence electrons. The van der Waals surface area contributed by atoms with Crippen molar-refractivity contribution in [3.63, 3.8) is 0 Å². The van der Waals surface area contributed by atoms with E-state index in [1.165, 1.54) is 25.7 Å². The van der Waals surface area contributed by atoms with Crippen LogP contribution in [0, 0.1) is 5.92 Å². The predicted octanol–water partition coefficient (Wildman–Crippen LogP) is 1.15. The number of piperazine rings is 1. The van der Waals surface area contributed by atoms with Crippen molar-refractivity contribution < 1.29 is 24.6 Å². The summed E-state index contributed by atoms with van der Waals surface area (Å²) >= 11 is 0. The van der Waals surface area contributed by atoms with E-state index >= 15 is 0 Å². The van der Waals surface area contributed by atoms with Gasteiger partial charge in [-0.25, -0.2) is 9.97 Å². The first kappa shape index (κ1) is 24.9. The third-order valence-electron chi connectivity index (χ3n) is 6.98. The number of aromatic nitrogens is 2. The fourth-order valence-corrected chi connectivity index (χ4v) is 4.98. The summed E-state index contributed by atoms with van der Waals surface area (Å²) in [5.74, 6) is 1.35. The van der Waals surface area contributed by atoms with Gasteiger partial charge in [0, 0.05) is 70.9 Å². The quantitative estimate of drug-likeness (QED) is 0.625. The third-order valence-corrected chi connectivity index (χ3v) is 6.98. The van der Waals surface area contributed by atoms with Crippen LogP contribution in [0.5, 0.6) is 0 Å². The van der Waals surface area contributed by atoms with Crippen LogP contribution < -0.4 is 4.90 Å². The third kappa shape index (κ3) is 6.63. The van der Waals surface area contributed by atoms with Crippen LogP contribution in [0.15, 0.2) is 18.5 Å². The highest BCUT2D eigenvalue weighted by atomic mass is 16.3. The van der Waals surface area contributed by atoms with Crippen molar-refractivity contribution >= 4 is 24.2 Å². The minimum Gasteiger partial charge on any atom is -0.483 e. The van der Waals surface area contributed by atoms with Crippen LogP contribution in [0.25, 0.3) is 0 Å². The molecule has 33 heavy (non-hydrogen) atoms. The van der Waals surface area contributed by atoms with E-state index < -0.39 is 5.60 Å². The van der Waals surface area contributed by atoms with Crippen molar-refractivity contribution in [1.82, 2.24) is 19.8 Å². The van der Waals surface area contributed by atoms with Crippen LogP contribution in [0.4, 0.5) is 5.95 Å². The molecule has 4 rings (SSSR count). The van der Waals surface area contributed by atoms with Crippen molar-refractivity contribution in [2.75, 3.05) is 44.2 Å². The topological polar surface area (TPSA) is 127 Å². The molecule has 1 saturated carbocycles. The van der Waals surface area contributed by atoms with Crippen molar-refractivity contribution in [3.05, 3.63) is 18.5 Å². The molecule has 1 aromatic heterocycles. The molecule has 0 radical (unpaired) electrons. The number of amides is 2. The molecular formula is C23H35N5O5. The minimum atomic E-state index is -1.35. The van der Waals surface area contributed by atoms with Crippen LogP contribution in [-0.2, 0) is 14.4 Å². The lowest BCUT2D eigenvalue weighted by molar-refractivity contribution is -0.159. The molecule has 3 fully saturated rings. The SMILES string of the molecule is O=C(CCC1CCCC1)N1CCC(O)(C(=O)N2CCN(c3ncccn3)CC2)CC1.O=CO. The Hall–Kier alpha value is -2.75. The summed E-state index contributed by atoms with van der Waals surface area (Å²) in [6.45, 7) is 3.06. The molecule has 2 aliphatic heterocycles. The van der Waals surface area contributed by atoms with E-state index in [-0.39, 0.29) is 18.3 Å². The van der Waals surface area contributed by atoms with Gasteiger partial charge in [0.25, 0.3) is 12.4 Å². The normalized spacial score (nSPS) is 20.7. The van der Waals surface area contributed by atoms with Crippen LogP contribution in [0.1, 0.15) is 51.4 Å². The van der Waals surface area contributed by atoms with E-state index in [0.717, 1.165) is 6.42 Å². The van der Waals surface area contributed by atoms with E-state index in [4.69, 9.17) is 9.90 Å². The summed E-state index contributed by atoms with van der Waals surface area (Å²) < 4.78 is 0. The van der Waals surface area contributed by atoms with E-state index in [0.29, 0.717) is 70.4 Å². The lowest BCUT2D eigenvalue weighted by Crippen LogP contribution is -2.59. The van der Waals surface area contributed by atoms with E-state index in [9.17, 15) is 14.7 Å². The summed E-state index contributed by atoms with van der Waals surface area (Å²) in [7, 11) is 0. The zero-order valence-corrected chi connectivity index (χ0v) is 19.1. The number of anilines is 1. The number of carbonyl (C=O) groups is 3. The molecule has 2 N–H and O–H groups in total. The second kappa shape index (κ2) is 11.9. The van der Waals surface area contributed by atoms with E-state index in [2.05, 4.69) is 14.9 Å². The highest BCUT2D eigenvalue weighted by Crippen LogP contribution is 2.30. The minimum absolute atomic E-state index is 0.174. The predicted molar refractivity (Wildman–Crippen MR) is 121 cm³/mol. The van der Waals surface area contributed by atoms with Gasteiger partial charge in [-0.2, -0.15) is 0 Å². The number of rotatable bonds is 5. The number of carbonyl (C=O) groups excluding carboxylic acids is 2. The van der Waals surface area contributed by atoms with E-state index in [1.807, 2.05) is 4.90 Å². The number of aliphatic hydroxyl groups is 1. The van der Waals surface area contributed by atoms with Gasteiger partial charge >= 0.3 is 0 Å². The molecule has 0 unspecified atom stereocenters. The Bertz CT molecular complexity index is 771. The summed E-state index contributed by atoms with van der Waals surface area (Å²) in [4.78, 5) is 48.1. The van der Waals surface area contributed by atoms with Gasteiger partial charge in [-0.3, -0.25) is 14.4 Å². The van der Waals surface area contributed by atoms with Gasteiger partial charge in [0.2, 0.25) is 11.9 Å². The number of piperidine rings is 1. The maximum absolute atomic E-state index is 13.0. The van der Waals surface area contributed by atoms with Crippen molar-refractivity contribution in [1.29, 1.82) is 0 Å². The monoisotopic (exact) mass is 461 g/mol. The fourth-order valence-electron chi connectivity index (χ4n) is 4.98. The van der Waals surface area contributed by atoms with Gasteiger partial charge in [-0.1, -0.05) is 25.7 Å². The molecule has 1 aromatic rings. The maximum Gasteiger partial charge on any atom is 0.290 e. The summed E-state index contributed by atoms with van der Waals surface area (Å²) in [6, 6.07) is 1.78. The molecule has 1 aliphatic carbocycles. The second-order valence-electron chi connectivity index (χ2n) is 9.03. The fraction of sp³-hybridized carbons (Fsp3) is 0.696. The Morgan fingerprint density at radius 3 is 2.15 bits per heavy atom. The molecule has 0 spiro atoms. The summed E-state index contributed by atoms with van der Waals surface area (Å²) in [5.41, 5.74) is -1.35. The largest absolute Gasteiger partial charge is 0.483 e. The zero-order chi connectivity index (χ0) is 23.7. The van der Waals surface area contributed by atoms with Gasteiger partial charge in [0.15, 0.2) is 0 Å². The number of nitrogens with zero attached hydrogens (tertiary/aromatic N) is 5. The van der Waals surface area contributed by atoms with Crippen LogP contribution in [0.3, 0.4) is 0 Å². The van der Waals surface area contributed by atoms with Crippen molar-refractivity contribution in [3.8, 4) is 0 Å².